The normalized spacial score (nSPS) is 23.0. The molecular formula is C22H23FN2O3. The quantitative estimate of drug-likeness (QED) is 0.801. The van der Waals surface area contributed by atoms with Crippen molar-refractivity contribution in [2.45, 2.75) is 24.9 Å². The second-order valence-electron chi connectivity index (χ2n) is 7.33. The van der Waals surface area contributed by atoms with Crippen LogP contribution in [0.2, 0.25) is 0 Å². The number of carbonyl (C=O) groups is 2. The minimum absolute atomic E-state index is 0.104. The number of nitrogens with zero attached hydrogens (tertiary/aromatic N) is 2. The monoisotopic (exact) mass is 382 g/mol. The Bertz CT molecular complexity index is 873. The van der Waals surface area contributed by atoms with Gasteiger partial charge in [-0.15, -0.1) is 0 Å². The first-order valence-electron chi connectivity index (χ1n) is 9.65. The topological polar surface area (TPSA) is 49.9 Å². The highest BCUT2D eigenvalue weighted by molar-refractivity contribution is 6.01. The van der Waals surface area contributed by atoms with Gasteiger partial charge in [-0.1, -0.05) is 24.3 Å². The number of para-hydroxylation sites is 1. The van der Waals surface area contributed by atoms with Crippen LogP contribution in [0.25, 0.3) is 0 Å². The van der Waals surface area contributed by atoms with E-state index in [9.17, 15) is 14.0 Å². The number of morpholine rings is 1. The smallest absolute Gasteiger partial charge is 0.261 e. The van der Waals surface area contributed by atoms with Crippen molar-refractivity contribution >= 4 is 17.5 Å². The van der Waals surface area contributed by atoms with Crippen molar-refractivity contribution in [3.05, 3.63) is 66.0 Å². The highest BCUT2D eigenvalue weighted by Crippen LogP contribution is 2.32. The Hall–Kier alpha value is -2.73. The van der Waals surface area contributed by atoms with E-state index < -0.39 is 11.4 Å². The van der Waals surface area contributed by atoms with Crippen LogP contribution in [0, 0.1) is 5.82 Å². The Kier molecular flexibility index (Phi) is 5.13. The summed E-state index contributed by atoms with van der Waals surface area (Å²) in [7, 11) is 0. The van der Waals surface area contributed by atoms with E-state index in [1.54, 1.807) is 15.9 Å². The maximum atomic E-state index is 13.5. The molecule has 2 aromatic carbocycles. The van der Waals surface area contributed by atoms with E-state index in [2.05, 4.69) is 0 Å². The van der Waals surface area contributed by atoms with Crippen LogP contribution in [0.4, 0.5) is 10.1 Å². The van der Waals surface area contributed by atoms with Gasteiger partial charge in [-0.25, -0.2) is 4.39 Å². The summed E-state index contributed by atoms with van der Waals surface area (Å²) in [6.07, 6.45) is 2.29. The van der Waals surface area contributed by atoms with Gasteiger partial charge in [0.2, 0.25) is 0 Å². The number of halogens is 1. The Morgan fingerprint density at radius 2 is 1.86 bits per heavy atom. The Morgan fingerprint density at radius 1 is 1.04 bits per heavy atom. The molecule has 2 aliphatic rings. The van der Waals surface area contributed by atoms with Crippen molar-refractivity contribution in [2.75, 3.05) is 31.1 Å². The van der Waals surface area contributed by atoms with Crippen LogP contribution in [-0.4, -0.2) is 48.6 Å². The molecular weight excluding hydrogens is 359 g/mol. The predicted octanol–water partition coefficient (Wildman–Crippen LogP) is 3.25. The molecule has 1 atom stereocenters. The van der Waals surface area contributed by atoms with Crippen LogP contribution < -0.4 is 4.90 Å². The Morgan fingerprint density at radius 3 is 2.64 bits per heavy atom. The van der Waals surface area contributed by atoms with Crippen molar-refractivity contribution in [1.29, 1.82) is 0 Å². The first-order valence-corrected chi connectivity index (χ1v) is 9.65. The number of benzene rings is 2. The van der Waals surface area contributed by atoms with Crippen molar-refractivity contribution < 1.29 is 18.7 Å². The number of carbonyl (C=O) groups excluding carboxylic acids is 2. The molecule has 0 aliphatic carbocycles. The fourth-order valence-electron chi connectivity index (χ4n) is 4.03. The molecule has 6 heteroatoms. The third kappa shape index (κ3) is 3.52. The lowest BCUT2D eigenvalue weighted by Crippen LogP contribution is -2.61. The van der Waals surface area contributed by atoms with E-state index in [1.165, 1.54) is 18.2 Å². The number of hydrogen-bond acceptors (Lipinski definition) is 3. The molecule has 2 saturated heterocycles. The molecule has 0 aromatic heterocycles. The van der Waals surface area contributed by atoms with Gasteiger partial charge in [0.05, 0.1) is 13.2 Å². The van der Waals surface area contributed by atoms with Gasteiger partial charge in [-0.3, -0.25) is 9.59 Å². The number of hydrogen-bond donors (Lipinski definition) is 0. The highest BCUT2D eigenvalue weighted by atomic mass is 19.1. The summed E-state index contributed by atoms with van der Waals surface area (Å²) < 4.78 is 19.6. The SMILES string of the molecule is O=C(c1cccc(F)c1)N1CCOC2(CCCCN(c3ccccc3)C2=O)C1. The maximum absolute atomic E-state index is 13.5. The highest BCUT2D eigenvalue weighted by Gasteiger charge is 2.48. The van der Waals surface area contributed by atoms with Gasteiger partial charge in [-0.2, -0.15) is 0 Å². The van der Waals surface area contributed by atoms with Gasteiger partial charge < -0.3 is 14.5 Å². The average molecular weight is 382 g/mol. The fourth-order valence-corrected chi connectivity index (χ4v) is 4.03. The molecule has 2 aromatic rings. The zero-order valence-corrected chi connectivity index (χ0v) is 15.6. The molecule has 28 heavy (non-hydrogen) atoms. The maximum Gasteiger partial charge on any atom is 0.261 e. The lowest BCUT2D eigenvalue weighted by atomic mass is 9.93. The van der Waals surface area contributed by atoms with Crippen molar-refractivity contribution in [2.24, 2.45) is 0 Å². The van der Waals surface area contributed by atoms with Crippen molar-refractivity contribution in [1.82, 2.24) is 4.90 Å². The summed E-state index contributed by atoms with van der Waals surface area (Å²) in [4.78, 5) is 29.8. The summed E-state index contributed by atoms with van der Waals surface area (Å²) in [5.41, 5.74) is 0.0807. The van der Waals surface area contributed by atoms with E-state index in [-0.39, 0.29) is 30.5 Å². The summed E-state index contributed by atoms with van der Waals surface area (Å²) in [5, 5.41) is 0. The molecule has 0 radical (unpaired) electrons. The zero-order valence-electron chi connectivity index (χ0n) is 15.6. The zero-order chi connectivity index (χ0) is 19.6. The van der Waals surface area contributed by atoms with Gasteiger partial charge >= 0.3 is 0 Å². The molecule has 0 bridgehead atoms. The first kappa shape index (κ1) is 18.6. The van der Waals surface area contributed by atoms with E-state index >= 15 is 0 Å². The molecule has 1 unspecified atom stereocenters. The molecule has 1 spiro atoms. The second kappa shape index (κ2) is 7.72. The van der Waals surface area contributed by atoms with Gasteiger partial charge in [0.25, 0.3) is 11.8 Å². The number of anilines is 1. The second-order valence-corrected chi connectivity index (χ2v) is 7.33. The molecule has 2 fully saturated rings. The third-order valence-electron chi connectivity index (χ3n) is 5.46. The first-order chi connectivity index (χ1) is 13.6. The van der Waals surface area contributed by atoms with Crippen molar-refractivity contribution in [3.63, 3.8) is 0 Å². The van der Waals surface area contributed by atoms with Gasteiger partial charge in [-0.05, 0) is 49.6 Å². The molecule has 0 saturated carbocycles. The van der Waals surface area contributed by atoms with Gasteiger partial charge in [0.1, 0.15) is 5.82 Å². The van der Waals surface area contributed by atoms with E-state index in [0.29, 0.717) is 19.5 Å². The Balaban J connectivity index is 1.60. The summed E-state index contributed by atoms with van der Waals surface area (Å²) in [6.45, 7) is 1.49. The van der Waals surface area contributed by atoms with Crippen LogP contribution in [0.1, 0.15) is 29.6 Å². The average Bonchev–Trinajstić information content (AvgIpc) is 2.88. The summed E-state index contributed by atoms with van der Waals surface area (Å²) >= 11 is 0. The molecule has 0 N–H and O–H groups in total. The lowest BCUT2D eigenvalue weighted by molar-refractivity contribution is -0.155. The molecule has 5 nitrogen and oxygen atoms in total. The standard InChI is InChI=1S/C22H23FN2O3/c23-18-8-6-7-17(15-18)20(26)24-13-14-28-22(16-24)11-4-5-12-25(21(22)27)19-9-2-1-3-10-19/h1-3,6-10,15H,4-5,11-14,16H2. The largest absolute Gasteiger partial charge is 0.361 e. The molecule has 2 aliphatic heterocycles. The van der Waals surface area contributed by atoms with Crippen LogP contribution in [0.3, 0.4) is 0 Å². The van der Waals surface area contributed by atoms with Crippen molar-refractivity contribution in [3.8, 4) is 0 Å². The van der Waals surface area contributed by atoms with Gasteiger partial charge in [0.15, 0.2) is 5.60 Å². The predicted molar refractivity (Wildman–Crippen MR) is 104 cm³/mol. The van der Waals surface area contributed by atoms with E-state index in [1.807, 2.05) is 30.3 Å². The minimum Gasteiger partial charge on any atom is -0.361 e. The Labute approximate surface area is 163 Å². The van der Waals surface area contributed by atoms with E-state index in [0.717, 1.165) is 18.5 Å². The summed E-state index contributed by atoms with van der Waals surface area (Å²) in [5.74, 6) is -0.826. The van der Waals surface area contributed by atoms with Crippen LogP contribution in [-0.2, 0) is 9.53 Å². The van der Waals surface area contributed by atoms with Crippen LogP contribution >= 0.6 is 0 Å². The summed E-state index contributed by atoms with van der Waals surface area (Å²) in [6, 6.07) is 15.2. The molecule has 4 rings (SSSR count). The fraction of sp³-hybridized carbons (Fsp3) is 0.364. The van der Waals surface area contributed by atoms with Crippen LogP contribution in [0.15, 0.2) is 54.6 Å². The van der Waals surface area contributed by atoms with Crippen LogP contribution in [0.5, 0.6) is 0 Å². The minimum atomic E-state index is -1.05. The molecule has 2 amide bonds. The molecule has 2 heterocycles. The van der Waals surface area contributed by atoms with Gasteiger partial charge in [0, 0.05) is 24.3 Å². The number of rotatable bonds is 2. The number of amides is 2. The third-order valence-corrected chi connectivity index (χ3v) is 5.46. The number of ether oxygens (including phenoxy) is 1. The lowest BCUT2D eigenvalue weighted by Gasteiger charge is -2.42. The van der Waals surface area contributed by atoms with E-state index in [4.69, 9.17) is 4.74 Å². The molecule has 146 valence electrons.